The van der Waals surface area contributed by atoms with Crippen LogP contribution in [0.5, 0.6) is 11.6 Å². The molecule has 1 aromatic carbocycles. The highest BCUT2D eigenvalue weighted by Gasteiger charge is 2.46. The Balaban J connectivity index is 1.86. The lowest BCUT2D eigenvalue weighted by Crippen LogP contribution is -2.60. The van der Waals surface area contributed by atoms with Gasteiger partial charge in [-0.3, -0.25) is 4.79 Å². The summed E-state index contributed by atoms with van der Waals surface area (Å²) < 4.78 is 11.5. The van der Waals surface area contributed by atoms with Gasteiger partial charge in [-0.2, -0.15) is 0 Å². The number of urea groups is 1. The second-order valence-corrected chi connectivity index (χ2v) is 11.6. The number of amides is 3. The number of carbonyl (C=O) groups is 3. The van der Waals surface area contributed by atoms with E-state index in [1.165, 1.54) is 4.90 Å². The fourth-order valence-electron chi connectivity index (χ4n) is 4.39. The third-order valence-electron chi connectivity index (χ3n) is 6.12. The fraction of sp³-hybridized carbons (Fsp3) is 0.556. The molecule has 10 nitrogen and oxygen atoms in total. The van der Waals surface area contributed by atoms with Crippen LogP contribution >= 0.6 is 0 Å². The smallest absolute Gasteiger partial charge is 0.326 e. The number of pyridine rings is 1. The highest BCUT2D eigenvalue weighted by atomic mass is 16.5. The van der Waals surface area contributed by atoms with Crippen molar-refractivity contribution in [3.63, 3.8) is 0 Å². The summed E-state index contributed by atoms with van der Waals surface area (Å²) in [5.74, 6) is -0.528. The van der Waals surface area contributed by atoms with Crippen molar-refractivity contribution in [1.82, 2.24) is 20.5 Å². The summed E-state index contributed by atoms with van der Waals surface area (Å²) in [7, 11) is 1.59. The molecular formula is C27H38N4O6. The summed E-state index contributed by atoms with van der Waals surface area (Å²) in [5, 5.41) is 17.1. The lowest BCUT2D eigenvalue weighted by Gasteiger charge is -2.35. The van der Waals surface area contributed by atoms with Crippen molar-refractivity contribution in [2.45, 2.75) is 78.6 Å². The molecule has 1 saturated heterocycles. The number of methoxy groups -OCH3 is 1. The number of aliphatic carboxylic acids is 1. The summed E-state index contributed by atoms with van der Waals surface area (Å²) in [6.45, 7) is 12.9. The van der Waals surface area contributed by atoms with Gasteiger partial charge in [0.1, 0.15) is 23.9 Å². The van der Waals surface area contributed by atoms with Crippen LogP contribution in [0.3, 0.4) is 0 Å². The number of hydrogen-bond donors (Lipinski definition) is 3. The zero-order valence-corrected chi connectivity index (χ0v) is 22.8. The molecule has 0 aliphatic carbocycles. The van der Waals surface area contributed by atoms with E-state index in [4.69, 9.17) is 9.47 Å². The van der Waals surface area contributed by atoms with Crippen molar-refractivity contribution in [1.29, 1.82) is 0 Å². The second kappa shape index (κ2) is 10.4. The minimum absolute atomic E-state index is 0.0538. The average Bonchev–Trinajstić information content (AvgIpc) is 3.18. The summed E-state index contributed by atoms with van der Waals surface area (Å²) >= 11 is 0. The SMILES string of the molecule is COc1ccc2c(OC3CC(C(=O)O)N(C(=O)C(NC(=O)NC(C)(C)C)C(C)(C)C)C3)nc(C)cc2c1. The highest BCUT2D eigenvalue weighted by molar-refractivity contribution is 5.91. The standard InChI is InChI=1S/C27H38N4O6/c1-15-11-16-12-17(36-8)9-10-19(16)22(28-15)37-18-13-20(24(33)34)31(14-18)23(32)21(26(2,3)4)29-25(35)30-27(5,6)7/h9-12,18,20-21H,13-14H2,1-8H3,(H,33,34)(H2,29,30,35). The number of benzene rings is 1. The maximum Gasteiger partial charge on any atom is 0.326 e. The number of likely N-dealkylation sites (tertiary alicyclic amines) is 1. The van der Waals surface area contributed by atoms with E-state index in [9.17, 15) is 19.5 Å². The first-order valence-corrected chi connectivity index (χ1v) is 12.3. The summed E-state index contributed by atoms with van der Waals surface area (Å²) in [5.41, 5.74) is -0.431. The van der Waals surface area contributed by atoms with Gasteiger partial charge in [-0.25, -0.2) is 14.6 Å². The number of aromatic nitrogens is 1. The van der Waals surface area contributed by atoms with Crippen LogP contribution in [-0.2, 0) is 9.59 Å². The molecule has 0 saturated carbocycles. The van der Waals surface area contributed by atoms with Gasteiger partial charge in [0, 0.05) is 23.0 Å². The number of carboxylic acids is 1. The largest absolute Gasteiger partial charge is 0.497 e. The maximum atomic E-state index is 13.7. The molecular weight excluding hydrogens is 476 g/mol. The number of hydrogen-bond acceptors (Lipinski definition) is 6. The summed E-state index contributed by atoms with van der Waals surface area (Å²) in [6, 6.07) is 4.91. The van der Waals surface area contributed by atoms with Crippen LogP contribution in [0.25, 0.3) is 10.8 Å². The van der Waals surface area contributed by atoms with Gasteiger partial charge in [0.2, 0.25) is 11.8 Å². The van der Waals surface area contributed by atoms with Crippen LogP contribution in [0.4, 0.5) is 4.79 Å². The topological polar surface area (TPSA) is 130 Å². The van der Waals surface area contributed by atoms with Crippen molar-refractivity contribution in [3.8, 4) is 11.6 Å². The molecule has 1 aliphatic rings. The van der Waals surface area contributed by atoms with Gasteiger partial charge in [-0.15, -0.1) is 0 Å². The van der Waals surface area contributed by atoms with Crippen LogP contribution in [-0.4, -0.2) is 70.3 Å². The molecule has 3 atom stereocenters. The van der Waals surface area contributed by atoms with Crippen molar-refractivity contribution in [2.75, 3.05) is 13.7 Å². The number of carbonyl (C=O) groups excluding carboxylic acids is 2. The Labute approximate surface area is 217 Å². The van der Waals surface area contributed by atoms with Gasteiger partial charge in [0.15, 0.2) is 0 Å². The summed E-state index contributed by atoms with van der Waals surface area (Å²) in [4.78, 5) is 44.3. The minimum atomic E-state index is -1.13. The van der Waals surface area contributed by atoms with Crippen molar-refractivity contribution in [3.05, 3.63) is 30.0 Å². The van der Waals surface area contributed by atoms with Gasteiger partial charge >= 0.3 is 12.0 Å². The number of fused-ring (bicyclic) bond motifs is 1. The lowest BCUT2D eigenvalue weighted by molar-refractivity contribution is -0.150. The third-order valence-corrected chi connectivity index (χ3v) is 6.12. The van der Waals surface area contributed by atoms with Crippen molar-refractivity contribution >= 4 is 28.7 Å². The van der Waals surface area contributed by atoms with Crippen LogP contribution in [0.2, 0.25) is 0 Å². The molecule has 0 spiro atoms. The molecule has 37 heavy (non-hydrogen) atoms. The van der Waals surface area contributed by atoms with Gasteiger partial charge in [-0.05, 0) is 62.8 Å². The quantitative estimate of drug-likeness (QED) is 0.538. The molecule has 1 aliphatic heterocycles. The molecule has 2 aromatic rings. The van der Waals surface area contributed by atoms with Gasteiger partial charge in [-0.1, -0.05) is 20.8 Å². The molecule has 0 bridgehead atoms. The Hall–Kier alpha value is -3.56. The van der Waals surface area contributed by atoms with E-state index in [0.717, 1.165) is 16.5 Å². The molecule has 2 heterocycles. The predicted molar refractivity (Wildman–Crippen MR) is 140 cm³/mol. The van der Waals surface area contributed by atoms with Gasteiger partial charge in [0.25, 0.3) is 0 Å². The van der Waals surface area contributed by atoms with E-state index in [1.54, 1.807) is 13.2 Å². The number of carboxylic acid groups (broad SMARTS) is 1. The van der Waals surface area contributed by atoms with E-state index in [2.05, 4.69) is 15.6 Å². The third kappa shape index (κ3) is 6.81. The van der Waals surface area contributed by atoms with Crippen LogP contribution < -0.4 is 20.1 Å². The molecule has 1 fully saturated rings. The van der Waals surface area contributed by atoms with E-state index >= 15 is 0 Å². The number of ether oxygens (including phenoxy) is 2. The molecule has 3 rings (SSSR count). The lowest BCUT2D eigenvalue weighted by atomic mass is 9.85. The normalized spacial score (nSPS) is 18.9. The number of aryl methyl sites for hydroxylation is 1. The Morgan fingerprint density at radius 2 is 1.81 bits per heavy atom. The number of rotatable bonds is 6. The minimum Gasteiger partial charge on any atom is -0.497 e. The number of nitrogens with one attached hydrogen (secondary N) is 2. The second-order valence-electron chi connectivity index (χ2n) is 11.6. The molecule has 3 unspecified atom stereocenters. The molecule has 1 aromatic heterocycles. The highest BCUT2D eigenvalue weighted by Crippen LogP contribution is 2.32. The van der Waals surface area contributed by atoms with E-state index in [0.29, 0.717) is 11.6 Å². The maximum absolute atomic E-state index is 13.7. The first-order valence-electron chi connectivity index (χ1n) is 12.3. The number of nitrogens with zero attached hydrogens (tertiary/aromatic N) is 2. The average molecular weight is 515 g/mol. The Bertz CT molecular complexity index is 1180. The Morgan fingerprint density at radius 1 is 1.14 bits per heavy atom. The van der Waals surface area contributed by atoms with E-state index < -0.39 is 47.0 Å². The molecule has 202 valence electrons. The molecule has 3 N–H and O–H groups in total. The van der Waals surface area contributed by atoms with Crippen LogP contribution in [0.1, 0.15) is 53.7 Å². The Kier molecular flexibility index (Phi) is 7.90. The van der Waals surface area contributed by atoms with Crippen molar-refractivity contribution in [2.24, 2.45) is 5.41 Å². The van der Waals surface area contributed by atoms with Gasteiger partial charge in [0.05, 0.1) is 13.7 Å². The fourth-order valence-corrected chi connectivity index (χ4v) is 4.39. The zero-order chi connectivity index (χ0) is 27.7. The molecule has 10 heteroatoms. The molecule has 3 amide bonds. The van der Waals surface area contributed by atoms with Crippen LogP contribution in [0, 0.1) is 12.3 Å². The van der Waals surface area contributed by atoms with E-state index in [1.807, 2.05) is 66.7 Å². The summed E-state index contributed by atoms with van der Waals surface area (Å²) in [6.07, 6.45) is -0.493. The first-order chi connectivity index (χ1) is 17.1. The zero-order valence-electron chi connectivity index (χ0n) is 22.8. The monoisotopic (exact) mass is 514 g/mol. The van der Waals surface area contributed by atoms with E-state index in [-0.39, 0.29) is 13.0 Å². The predicted octanol–water partition coefficient (Wildman–Crippen LogP) is 3.50. The van der Waals surface area contributed by atoms with Gasteiger partial charge < -0.3 is 30.1 Å². The molecule has 0 radical (unpaired) electrons. The first kappa shape index (κ1) is 28.0. The van der Waals surface area contributed by atoms with Crippen molar-refractivity contribution < 1.29 is 29.0 Å². The Morgan fingerprint density at radius 3 is 2.38 bits per heavy atom. The van der Waals surface area contributed by atoms with Crippen LogP contribution in [0.15, 0.2) is 24.3 Å².